The number of hydrogen-bond donors (Lipinski definition) is 0. The maximum Gasteiger partial charge on any atom is 0.266 e. The van der Waals surface area contributed by atoms with Gasteiger partial charge in [-0.3, -0.25) is 4.79 Å². The van der Waals surface area contributed by atoms with Crippen LogP contribution >= 0.6 is 11.3 Å². The fourth-order valence-corrected chi connectivity index (χ4v) is 3.40. The lowest BCUT2D eigenvalue weighted by atomic mass is 10.1. The van der Waals surface area contributed by atoms with Gasteiger partial charge in [0.15, 0.2) is 0 Å². The van der Waals surface area contributed by atoms with Gasteiger partial charge >= 0.3 is 0 Å². The van der Waals surface area contributed by atoms with Gasteiger partial charge in [-0.05, 0) is 41.6 Å². The zero-order valence-electron chi connectivity index (χ0n) is 11.8. The smallest absolute Gasteiger partial charge is 0.266 e. The van der Waals surface area contributed by atoms with Crippen molar-refractivity contribution in [1.82, 2.24) is 25.1 Å². The Hall–Kier alpha value is -1.80. The predicted octanol–water partition coefficient (Wildman–Crippen LogP) is 1.36. The Morgan fingerprint density at radius 1 is 1.57 bits per heavy atom. The standard InChI is InChI=1S/C13H17N5O2S/c1-2-20-10-4-3-6-17(8-10)13(19)12-11(5-7-21-12)18-9-14-15-16-18/h5,7,9-10H,2-4,6,8H2,1H3/t10-/m0/s1. The summed E-state index contributed by atoms with van der Waals surface area (Å²) in [6.45, 7) is 4.09. The molecule has 7 nitrogen and oxygen atoms in total. The Kier molecular flexibility index (Phi) is 4.26. The molecular weight excluding hydrogens is 290 g/mol. The minimum Gasteiger partial charge on any atom is -0.377 e. The molecule has 1 atom stereocenters. The molecule has 0 unspecified atom stereocenters. The number of hydrogen-bond acceptors (Lipinski definition) is 6. The van der Waals surface area contributed by atoms with Crippen LogP contribution in [0.15, 0.2) is 17.8 Å². The van der Waals surface area contributed by atoms with E-state index in [2.05, 4.69) is 15.5 Å². The normalized spacial score (nSPS) is 18.9. The zero-order valence-corrected chi connectivity index (χ0v) is 12.6. The molecule has 0 aliphatic carbocycles. The molecule has 8 heteroatoms. The predicted molar refractivity (Wildman–Crippen MR) is 77.6 cm³/mol. The second-order valence-electron chi connectivity index (χ2n) is 4.86. The second-order valence-corrected chi connectivity index (χ2v) is 5.78. The monoisotopic (exact) mass is 307 g/mol. The highest BCUT2D eigenvalue weighted by Gasteiger charge is 2.27. The van der Waals surface area contributed by atoms with Gasteiger partial charge in [0.2, 0.25) is 0 Å². The fourth-order valence-electron chi connectivity index (χ4n) is 2.55. The molecule has 2 aromatic heterocycles. The molecule has 1 amide bonds. The number of amides is 1. The van der Waals surface area contributed by atoms with Gasteiger partial charge < -0.3 is 9.64 Å². The van der Waals surface area contributed by atoms with Crippen molar-refractivity contribution in [2.45, 2.75) is 25.9 Å². The number of rotatable bonds is 4. The Balaban J connectivity index is 1.78. The number of thiophene rings is 1. The van der Waals surface area contributed by atoms with Crippen LogP contribution in [0.5, 0.6) is 0 Å². The van der Waals surface area contributed by atoms with Crippen LogP contribution in [0.1, 0.15) is 29.4 Å². The molecule has 1 aliphatic rings. The van der Waals surface area contributed by atoms with Crippen LogP contribution in [-0.2, 0) is 4.74 Å². The van der Waals surface area contributed by atoms with Gasteiger partial charge in [0.05, 0.1) is 11.8 Å². The molecule has 0 N–H and O–H groups in total. The van der Waals surface area contributed by atoms with Crippen LogP contribution in [0, 0.1) is 0 Å². The SMILES string of the molecule is CCO[C@H]1CCCN(C(=O)c2sccc2-n2cnnn2)C1. The largest absolute Gasteiger partial charge is 0.377 e. The van der Waals surface area contributed by atoms with Crippen molar-refractivity contribution in [1.29, 1.82) is 0 Å². The van der Waals surface area contributed by atoms with Crippen LogP contribution in [0.4, 0.5) is 0 Å². The molecule has 3 rings (SSSR count). The Labute approximate surface area is 126 Å². The molecule has 0 radical (unpaired) electrons. The first-order chi connectivity index (χ1) is 10.3. The maximum absolute atomic E-state index is 12.7. The molecule has 1 saturated heterocycles. The summed E-state index contributed by atoms with van der Waals surface area (Å²) in [5.41, 5.74) is 0.730. The van der Waals surface area contributed by atoms with Crippen molar-refractivity contribution >= 4 is 17.2 Å². The first-order valence-electron chi connectivity index (χ1n) is 7.01. The van der Waals surface area contributed by atoms with Crippen molar-refractivity contribution in [3.8, 4) is 5.69 Å². The van der Waals surface area contributed by atoms with Crippen molar-refractivity contribution in [3.05, 3.63) is 22.7 Å². The Morgan fingerprint density at radius 2 is 2.48 bits per heavy atom. The van der Waals surface area contributed by atoms with E-state index in [4.69, 9.17) is 4.74 Å². The third-order valence-corrected chi connectivity index (χ3v) is 4.39. The number of aromatic nitrogens is 4. The summed E-state index contributed by atoms with van der Waals surface area (Å²) in [5.74, 6) is 0.0277. The quantitative estimate of drug-likeness (QED) is 0.853. The summed E-state index contributed by atoms with van der Waals surface area (Å²) < 4.78 is 7.18. The van der Waals surface area contributed by atoms with E-state index >= 15 is 0 Å². The van der Waals surface area contributed by atoms with Gasteiger partial charge in [-0.2, -0.15) is 4.68 Å². The maximum atomic E-state index is 12.7. The number of carbonyl (C=O) groups excluding carboxylic acids is 1. The van der Waals surface area contributed by atoms with Crippen molar-refractivity contribution in [2.75, 3.05) is 19.7 Å². The molecule has 21 heavy (non-hydrogen) atoms. The van der Waals surface area contributed by atoms with Crippen molar-refractivity contribution in [2.24, 2.45) is 0 Å². The Morgan fingerprint density at radius 3 is 3.24 bits per heavy atom. The third kappa shape index (κ3) is 2.96. The highest BCUT2D eigenvalue weighted by Crippen LogP contribution is 2.24. The van der Waals surface area contributed by atoms with E-state index in [9.17, 15) is 4.79 Å². The lowest BCUT2D eigenvalue weighted by Crippen LogP contribution is -2.43. The molecule has 112 valence electrons. The van der Waals surface area contributed by atoms with Gasteiger partial charge in [0.1, 0.15) is 11.2 Å². The number of tetrazole rings is 1. The lowest BCUT2D eigenvalue weighted by Gasteiger charge is -2.32. The minimum absolute atomic E-state index is 0.0277. The van der Waals surface area contributed by atoms with E-state index in [0.29, 0.717) is 18.0 Å². The third-order valence-electron chi connectivity index (χ3n) is 3.50. The number of likely N-dealkylation sites (tertiary alicyclic amines) is 1. The first-order valence-corrected chi connectivity index (χ1v) is 7.89. The number of nitrogens with zero attached hydrogens (tertiary/aromatic N) is 5. The molecule has 0 aromatic carbocycles. The van der Waals surface area contributed by atoms with Crippen LogP contribution in [-0.4, -0.2) is 56.8 Å². The van der Waals surface area contributed by atoms with Gasteiger partial charge in [-0.1, -0.05) is 0 Å². The molecule has 0 spiro atoms. The summed E-state index contributed by atoms with van der Waals surface area (Å²) in [5, 5.41) is 13.0. The zero-order chi connectivity index (χ0) is 14.7. The average Bonchev–Trinajstić information content (AvgIpc) is 3.18. The van der Waals surface area contributed by atoms with E-state index < -0.39 is 0 Å². The first kappa shape index (κ1) is 14.2. The molecule has 2 aromatic rings. The van der Waals surface area contributed by atoms with E-state index in [-0.39, 0.29) is 12.0 Å². The van der Waals surface area contributed by atoms with E-state index in [1.807, 2.05) is 23.3 Å². The number of ether oxygens (including phenoxy) is 1. The highest BCUT2D eigenvalue weighted by atomic mass is 32.1. The molecular formula is C13H17N5O2S. The molecule has 1 fully saturated rings. The summed E-state index contributed by atoms with van der Waals surface area (Å²) in [4.78, 5) is 15.3. The van der Waals surface area contributed by atoms with Crippen LogP contribution in [0.2, 0.25) is 0 Å². The van der Waals surface area contributed by atoms with Gasteiger partial charge in [0, 0.05) is 19.7 Å². The van der Waals surface area contributed by atoms with Gasteiger partial charge in [-0.15, -0.1) is 16.4 Å². The minimum atomic E-state index is 0.0277. The van der Waals surface area contributed by atoms with Crippen molar-refractivity contribution in [3.63, 3.8) is 0 Å². The molecule has 0 saturated carbocycles. The van der Waals surface area contributed by atoms with E-state index in [0.717, 1.165) is 25.1 Å². The van der Waals surface area contributed by atoms with Crippen LogP contribution in [0.25, 0.3) is 5.69 Å². The van der Waals surface area contributed by atoms with E-state index in [1.165, 1.54) is 22.3 Å². The summed E-state index contributed by atoms with van der Waals surface area (Å²) in [6.07, 6.45) is 3.63. The van der Waals surface area contributed by atoms with Crippen LogP contribution in [0.3, 0.4) is 0 Å². The molecule has 3 heterocycles. The molecule has 0 bridgehead atoms. The Bertz CT molecular complexity index is 595. The topological polar surface area (TPSA) is 73.1 Å². The number of carbonyl (C=O) groups is 1. The fraction of sp³-hybridized carbons (Fsp3) is 0.538. The van der Waals surface area contributed by atoms with Gasteiger partial charge in [-0.25, -0.2) is 0 Å². The number of piperidine rings is 1. The lowest BCUT2D eigenvalue weighted by molar-refractivity contribution is 0.00742. The van der Waals surface area contributed by atoms with E-state index in [1.54, 1.807) is 0 Å². The highest BCUT2D eigenvalue weighted by molar-refractivity contribution is 7.12. The second kappa shape index (κ2) is 6.31. The van der Waals surface area contributed by atoms with Crippen molar-refractivity contribution < 1.29 is 9.53 Å². The summed E-state index contributed by atoms with van der Waals surface area (Å²) in [6, 6.07) is 1.86. The summed E-state index contributed by atoms with van der Waals surface area (Å²) >= 11 is 1.42. The average molecular weight is 307 g/mol. The summed E-state index contributed by atoms with van der Waals surface area (Å²) in [7, 11) is 0. The van der Waals surface area contributed by atoms with Crippen LogP contribution < -0.4 is 0 Å². The molecule has 1 aliphatic heterocycles. The van der Waals surface area contributed by atoms with Gasteiger partial charge in [0.25, 0.3) is 5.91 Å².